The zero-order valence-electron chi connectivity index (χ0n) is 19.1. The molecule has 0 unspecified atom stereocenters. The molecular weight excluding hydrogens is 420 g/mol. The van der Waals surface area contributed by atoms with Gasteiger partial charge < -0.3 is 24.1 Å². The number of methoxy groups -OCH3 is 2. The average molecular weight is 451 g/mol. The summed E-state index contributed by atoms with van der Waals surface area (Å²) in [7, 11) is 3.34. The standard InChI is InChI=1S/C25H30N4O4/c1-31-22-9-5-3-7-19(22)11-12-26-25(30)20-18-33-24(27-20)17-28-13-15-29(16-14-28)21-8-4-6-10-23(21)32-2/h3-10,18H,11-17H2,1-2H3,(H,26,30). The fourth-order valence-corrected chi connectivity index (χ4v) is 4.03. The molecule has 0 saturated carbocycles. The molecule has 174 valence electrons. The van der Waals surface area contributed by atoms with E-state index in [0.717, 1.165) is 48.9 Å². The highest BCUT2D eigenvalue weighted by Gasteiger charge is 2.21. The van der Waals surface area contributed by atoms with E-state index in [1.54, 1.807) is 14.2 Å². The van der Waals surface area contributed by atoms with Gasteiger partial charge in [-0.1, -0.05) is 30.3 Å². The van der Waals surface area contributed by atoms with Gasteiger partial charge in [-0.2, -0.15) is 0 Å². The first-order valence-corrected chi connectivity index (χ1v) is 11.1. The van der Waals surface area contributed by atoms with Crippen molar-refractivity contribution < 1.29 is 18.7 Å². The lowest BCUT2D eigenvalue weighted by Gasteiger charge is -2.36. The highest BCUT2D eigenvalue weighted by molar-refractivity contribution is 5.91. The number of hydrogen-bond donors (Lipinski definition) is 1. The SMILES string of the molecule is COc1ccccc1CCNC(=O)c1coc(CN2CCN(c3ccccc3OC)CC2)n1. The number of oxazole rings is 1. The van der Waals surface area contributed by atoms with Crippen LogP contribution in [0.3, 0.4) is 0 Å². The molecule has 33 heavy (non-hydrogen) atoms. The van der Waals surface area contributed by atoms with Crippen LogP contribution in [0.2, 0.25) is 0 Å². The van der Waals surface area contributed by atoms with Crippen LogP contribution in [-0.4, -0.2) is 62.7 Å². The molecule has 2 heterocycles. The van der Waals surface area contributed by atoms with E-state index in [0.29, 0.717) is 31.1 Å². The minimum atomic E-state index is -0.235. The molecule has 1 aromatic heterocycles. The number of rotatable bonds is 9. The number of nitrogens with one attached hydrogen (secondary N) is 1. The number of carbonyl (C=O) groups is 1. The van der Waals surface area contributed by atoms with Crippen molar-refractivity contribution in [3.05, 3.63) is 71.9 Å². The molecule has 1 aliphatic heterocycles. The van der Waals surface area contributed by atoms with E-state index in [1.807, 2.05) is 42.5 Å². The van der Waals surface area contributed by atoms with Crippen molar-refractivity contribution in [3.8, 4) is 11.5 Å². The summed E-state index contributed by atoms with van der Waals surface area (Å²) in [6.45, 7) is 4.59. The Kier molecular flexibility index (Phi) is 7.47. The second-order valence-corrected chi connectivity index (χ2v) is 7.88. The third-order valence-electron chi connectivity index (χ3n) is 5.81. The van der Waals surface area contributed by atoms with Crippen LogP contribution in [0.25, 0.3) is 0 Å². The van der Waals surface area contributed by atoms with Crippen LogP contribution in [0.4, 0.5) is 5.69 Å². The van der Waals surface area contributed by atoms with E-state index in [9.17, 15) is 4.79 Å². The summed E-state index contributed by atoms with van der Waals surface area (Å²) in [6, 6.07) is 15.9. The van der Waals surface area contributed by atoms with E-state index >= 15 is 0 Å². The van der Waals surface area contributed by atoms with Gasteiger partial charge in [0.2, 0.25) is 5.89 Å². The van der Waals surface area contributed by atoms with E-state index < -0.39 is 0 Å². The quantitative estimate of drug-likeness (QED) is 0.537. The molecule has 1 amide bonds. The number of ether oxygens (including phenoxy) is 2. The van der Waals surface area contributed by atoms with Gasteiger partial charge in [-0.25, -0.2) is 4.98 Å². The van der Waals surface area contributed by atoms with Gasteiger partial charge in [0.1, 0.15) is 17.8 Å². The fraction of sp³-hybridized carbons (Fsp3) is 0.360. The van der Waals surface area contributed by atoms with Gasteiger partial charge in [0, 0.05) is 32.7 Å². The number of anilines is 1. The molecule has 4 rings (SSSR count). The Bertz CT molecular complexity index is 1060. The molecular formula is C25H30N4O4. The van der Waals surface area contributed by atoms with Crippen molar-refractivity contribution in [1.29, 1.82) is 0 Å². The number of benzene rings is 2. The smallest absolute Gasteiger partial charge is 0.273 e. The van der Waals surface area contributed by atoms with Crippen LogP contribution in [0.1, 0.15) is 21.9 Å². The Morgan fingerprint density at radius 1 is 1.00 bits per heavy atom. The summed E-state index contributed by atoms with van der Waals surface area (Å²) < 4.78 is 16.4. The second-order valence-electron chi connectivity index (χ2n) is 7.88. The maximum absolute atomic E-state index is 12.5. The summed E-state index contributed by atoms with van der Waals surface area (Å²) in [5.74, 6) is 2.03. The largest absolute Gasteiger partial charge is 0.496 e. The molecule has 1 aliphatic rings. The second kappa shape index (κ2) is 10.9. The van der Waals surface area contributed by atoms with E-state index in [4.69, 9.17) is 13.9 Å². The first-order chi connectivity index (χ1) is 16.2. The number of amides is 1. The normalized spacial score (nSPS) is 14.2. The van der Waals surface area contributed by atoms with Crippen LogP contribution in [0, 0.1) is 0 Å². The van der Waals surface area contributed by atoms with Gasteiger partial charge in [0.25, 0.3) is 5.91 Å². The lowest BCUT2D eigenvalue weighted by Crippen LogP contribution is -2.46. The van der Waals surface area contributed by atoms with Crippen molar-refractivity contribution in [2.75, 3.05) is 51.8 Å². The van der Waals surface area contributed by atoms with Crippen LogP contribution >= 0.6 is 0 Å². The van der Waals surface area contributed by atoms with E-state index in [2.05, 4.69) is 26.2 Å². The number of hydrogen-bond acceptors (Lipinski definition) is 7. The van der Waals surface area contributed by atoms with Crippen molar-refractivity contribution in [1.82, 2.24) is 15.2 Å². The Morgan fingerprint density at radius 2 is 1.70 bits per heavy atom. The van der Waals surface area contributed by atoms with E-state index in [1.165, 1.54) is 6.26 Å². The topological polar surface area (TPSA) is 80.1 Å². The predicted molar refractivity (Wildman–Crippen MR) is 126 cm³/mol. The summed E-state index contributed by atoms with van der Waals surface area (Å²) >= 11 is 0. The monoisotopic (exact) mass is 450 g/mol. The van der Waals surface area contributed by atoms with Crippen LogP contribution in [0.5, 0.6) is 11.5 Å². The summed E-state index contributed by atoms with van der Waals surface area (Å²) in [6.07, 6.45) is 2.11. The first kappa shape index (κ1) is 22.7. The molecule has 1 N–H and O–H groups in total. The van der Waals surface area contributed by atoms with Gasteiger partial charge in [-0.05, 0) is 30.2 Å². The molecule has 0 radical (unpaired) electrons. The Labute approximate surface area is 194 Å². The zero-order valence-corrected chi connectivity index (χ0v) is 19.1. The van der Waals surface area contributed by atoms with Crippen molar-refractivity contribution in [2.45, 2.75) is 13.0 Å². The maximum atomic E-state index is 12.5. The third-order valence-corrected chi connectivity index (χ3v) is 5.81. The molecule has 8 nitrogen and oxygen atoms in total. The molecule has 1 saturated heterocycles. The number of piperazine rings is 1. The minimum Gasteiger partial charge on any atom is -0.496 e. The summed E-state index contributed by atoms with van der Waals surface area (Å²) in [4.78, 5) is 21.5. The Morgan fingerprint density at radius 3 is 2.45 bits per heavy atom. The van der Waals surface area contributed by atoms with Crippen LogP contribution in [0.15, 0.2) is 59.2 Å². The van der Waals surface area contributed by atoms with E-state index in [-0.39, 0.29) is 5.91 Å². The van der Waals surface area contributed by atoms with Gasteiger partial charge in [-0.3, -0.25) is 9.69 Å². The highest BCUT2D eigenvalue weighted by Crippen LogP contribution is 2.28. The van der Waals surface area contributed by atoms with Gasteiger partial charge in [-0.15, -0.1) is 0 Å². The third kappa shape index (κ3) is 5.64. The molecule has 3 aromatic rings. The molecule has 0 aliphatic carbocycles. The molecule has 0 atom stereocenters. The number of nitrogens with zero attached hydrogens (tertiary/aromatic N) is 3. The van der Waals surface area contributed by atoms with Crippen molar-refractivity contribution >= 4 is 11.6 Å². The molecule has 1 fully saturated rings. The van der Waals surface area contributed by atoms with Gasteiger partial charge >= 0.3 is 0 Å². The maximum Gasteiger partial charge on any atom is 0.273 e. The summed E-state index contributed by atoms with van der Waals surface area (Å²) in [5.41, 5.74) is 2.47. The van der Waals surface area contributed by atoms with Crippen molar-refractivity contribution in [2.24, 2.45) is 0 Å². The Balaban J connectivity index is 1.25. The molecule has 2 aromatic carbocycles. The zero-order chi connectivity index (χ0) is 23.0. The van der Waals surface area contributed by atoms with Gasteiger partial charge in [0.05, 0.1) is 26.5 Å². The summed E-state index contributed by atoms with van der Waals surface area (Å²) in [5, 5.41) is 2.90. The van der Waals surface area contributed by atoms with Crippen LogP contribution < -0.4 is 19.7 Å². The number of para-hydroxylation sites is 3. The van der Waals surface area contributed by atoms with Crippen LogP contribution in [-0.2, 0) is 13.0 Å². The van der Waals surface area contributed by atoms with Crippen molar-refractivity contribution in [3.63, 3.8) is 0 Å². The molecule has 0 bridgehead atoms. The lowest BCUT2D eigenvalue weighted by atomic mass is 10.1. The lowest BCUT2D eigenvalue weighted by molar-refractivity contribution is 0.0949. The van der Waals surface area contributed by atoms with Gasteiger partial charge in [0.15, 0.2) is 5.69 Å². The number of aromatic nitrogens is 1. The fourth-order valence-electron chi connectivity index (χ4n) is 4.03. The first-order valence-electron chi connectivity index (χ1n) is 11.1. The molecule has 8 heteroatoms. The minimum absolute atomic E-state index is 0.235. The number of carbonyl (C=O) groups excluding carboxylic acids is 1. The Hall–Kier alpha value is -3.52. The average Bonchev–Trinajstić information content (AvgIpc) is 3.33. The molecule has 0 spiro atoms. The highest BCUT2D eigenvalue weighted by atomic mass is 16.5. The predicted octanol–water partition coefficient (Wildman–Crippen LogP) is 2.99.